The summed E-state index contributed by atoms with van der Waals surface area (Å²) in [5, 5.41) is 0. The molecule has 6 aromatic rings. The van der Waals surface area contributed by atoms with Crippen molar-refractivity contribution >= 4 is 0 Å². The van der Waals surface area contributed by atoms with Gasteiger partial charge in [0.1, 0.15) is 23.7 Å². The first-order valence-corrected chi connectivity index (χ1v) is 23.5. The number of pyridine rings is 1. The Labute approximate surface area is 399 Å². The monoisotopic (exact) mass is 892 g/mol. The van der Waals surface area contributed by atoms with Crippen LogP contribution in [0, 0.1) is 33.1 Å². The molecule has 0 aliphatic rings. The summed E-state index contributed by atoms with van der Waals surface area (Å²) in [6.45, 7) is 31.6. The van der Waals surface area contributed by atoms with Crippen LogP contribution in [-0.2, 0) is 0 Å². The highest BCUT2D eigenvalue weighted by atomic mass is 19.1. The predicted molar refractivity (Wildman–Crippen MR) is 281 cm³/mol. The van der Waals surface area contributed by atoms with E-state index in [4.69, 9.17) is 20.6 Å². The Bertz CT molecular complexity index is 2460. The van der Waals surface area contributed by atoms with Crippen LogP contribution in [0.2, 0.25) is 0 Å². The van der Waals surface area contributed by atoms with Gasteiger partial charge in [0.15, 0.2) is 11.5 Å². The van der Waals surface area contributed by atoms with E-state index in [1.165, 1.54) is 69.5 Å². The average Bonchev–Trinajstić information content (AvgIpc) is 3.28. The Morgan fingerprint density at radius 2 is 1.03 bits per heavy atom. The molecule has 0 saturated carbocycles. The van der Waals surface area contributed by atoms with E-state index in [0.29, 0.717) is 46.8 Å². The number of hydrogen-bond acceptors (Lipinski definition) is 4. The lowest BCUT2D eigenvalue weighted by Crippen LogP contribution is -2.22. The molecule has 0 fully saturated rings. The molecule has 1 aromatic heterocycles. The van der Waals surface area contributed by atoms with Crippen molar-refractivity contribution in [3.8, 4) is 51.8 Å². The fourth-order valence-corrected chi connectivity index (χ4v) is 7.28. The van der Waals surface area contributed by atoms with Crippen LogP contribution in [0.15, 0.2) is 115 Å². The fourth-order valence-electron chi connectivity index (χ4n) is 7.28. The van der Waals surface area contributed by atoms with Gasteiger partial charge >= 0.3 is 0 Å². The normalized spacial score (nSPS) is 11.0. The van der Waals surface area contributed by atoms with Crippen molar-refractivity contribution in [3.63, 3.8) is 0 Å². The number of halogens is 1. The Balaban J connectivity index is 0.000000235. The van der Waals surface area contributed by atoms with Crippen molar-refractivity contribution in [2.45, 2.75) is 139 Å². The first-order chi connectivity index (χ1) is 31.1. The molecule has 66 heavy (non-hydrogen) atoms. The number of alkyl halides is 1. The van der Waals surface area contributed by atoms with Gasteiger partial charge in [-0.15, -0.1) is 6.42 Å². The second-order valence-electron chi connectivity index (χ2n) is 19.2. The molecule has 0 saturated heterocycles. The number of rotatable bonds is 12. The SMILES string of the molecule is C#Cc1ccc(-c2ccc(C(C)C)cc2C)cn1.COc1cc(C(C)C)ccc1OCC(C)(C)F.COc1ccccc1-c1ccc(C(C)C)cc1C.Cc1ccc(C(C)C)cc1C(C)C. The van der Waals surface area contributed by atoms with Gasteiger partial charge in [-0.05, 0) is 144 Å². The van der Waals surface area contributed by atoms with Crippen molar-refractivity contribution < 1.29 is 18.6 Å². The maximum atomic E-state index is 13.4. The zero-order chi connectivity index (χ0) is 49.3. The molecule has 5 aromatic carbocycles. The van der Waals surface area contributed by atoms with E-state index in [9.17, 15) is 4.39 Å². The smallest absolute Gasteiger partial charge is 0.161 e. The number of aromatic nitrogens is 1. The number of ether oxygens (including phenoxy) is 3. The van der Waals surface area contributed by atoms with Gasteiger partial charge < -0.3 is 14.2 Å². The van der Waals surface area contributed by atoms with Crippen molar-refractivity contribution in [1.82, 2.24) is 4.98 Å². The summed E-state index contributed by atoms with van der Waals surface area (Å²) < 4.78 is 29.5. The van der Waals surface area contributed by atoms with Gasteiger partial charge in [0, 0.05) is 17.3 Å². The van der Waals surface area contributed by atoms with Crippen LogP contribution >= 0.6 is 0 Å². The lowest BCUT2D eigenvalue weighted by Gasteiger charge is -2.18. The lowest BCUT2D eigenvalue weighted by atomic mass is 9.92. The Kier molecular flexibility index (Phi) is 21.2. The summed E-state index contributed by atoms with van der Waals surface area (Å²) in [6, 6.07) is 37.9. The highest BCUT2D eigenvalue weighted by Crippen LogP contribution is 2.34. The zero-order valence-electron chi connectivity index (χ0n) is 43.2. The minimum Gasteiger partial charge on any atom is -0.496 e. The maximum Gasteiger partial charge on any atom is 0.161 e. The molecule has 0 unspecified atom stereocenters. The quantitative estimate of drug-likeness (QED) is 0.115. The van der Waals surface area contributed by atoms with Crippen molar-refractivity contribution in [1.29, 1.82) is 0 Å². The molecule has 1 heterocycles. The molecular weight excluding hydrogens is 814 g/mol. The van der Waals surface area contributed by atoms with Gasteiger partial charge in [-0.1, -0.05) is 160 Å². The van der Waals surface area contributed by atoms with Crippen molar-refractivity contribution in [2.24, 2.45) is 0 Å². The van der Waals surface area contributed by atoms with Crippen molar-refractivity contribution in [3.05, 3.63) is 166 Å². The second kappa shape index (κ2) is 25.7. The third-order valence-corrected chi connectivity index (χ3v) is 11.5. The van der Waals surface area contributed by atoms with Gasteiger partial charge in [0.25, 0.3) is 0 Å². The largest absolute Gasteiger partial charge is 0.496 e. The molecule has 0 spiro atoms. The predicted octanol–water partition coefficient (Wildman–Crippen LogP) is 17.1. The number of terminal acetylenes is 1. The molecule has 0 atom stereocenters. The molecule has 0 N–H and O–H groups in total. The highest BCUT2D eigenvalue weighted by Gasteiger charge is 2.18. The number of para-hydroxylation sites is 1. The fraction of sp³-hybridized carbons (Fsp3) is 0.393. The third kappa shape index (κ3) is 16.5. The molecule has 0 radical (unpaired) electrons. The summed E-state index contributed by atoms with van der Waals surface area (Å²) in [5.74, 6) is 7.52. The number of aryl methyl sites for hydroxylation is 3. The summed E-state index contributed by atoms with van der Waals surface area (Å²) in [7, 11) is 3.31. The minimum atomic E-state index is -1.35. The average molecular weight is 892 g/mol. The summed E-state index contributed by atoms with van der Waals surface area (Å²) in [6.07, 6.45) is 7.15. The molecule has 0 aliphatic heterocycles. The van der Waals surface area contributed by atoms with E-state index in [-0.39, 0.29) is 6.61 Å². The maximum absolute atomic E-state index is 13.4. The van der Waals surface area contributed by atoms with Crippen LogP contribution in [0.5, 0.6) is 17.2 Å². The highest BCUT2D eigenvalue weighted by molar-refractivity contribution is 5.73. The van der Waals surface area contributed by atoms with E-state index < -0.39 is 5.67 Å². The summed E-state index contributed by atoms with van der Waals surface area (Å²) >= 11 is 0. The lowest BCUT2D eigenvalue weighted by molar-refractivity contribution is 0.118. The molecule has 0 bridgehead atoms. The standard InChI is InChI=1S/C17H17N.C17H20O.C14H21FO2.C13H20/c1-5-16-8-6-15(11-18-16)17-9-7-14(12(2)3)10-13(17)4;1-12(2)14-9-10-15(13(3)11-14)16-7-5-6-8-17(16)18-4;1-10(2)11-6-7-12(13(8-11)16-5)17-9-14(3,4)15;1-9(2)12-7-6-11(5)13(8-12)10(3)4/h1,6-12H,2-4H3;5-12H,1-4H3;6-8,10H,9H2,1-5H3;6-10H,1-5H3. The van der Waals surface area contributed by atoms with Gasteiger partial charge in [0.2, 0.25) is 0 Å². The van der Waals surface area contributed by atoms with Gasteiger partial charge in [-0.25, -0.2) is 9.37 Å². The van der Waals surface area contributed by atoms with Gasteiger partial charge in [0.05, 0.1) is 14.2 Å². The van der Waals surface area contributed by atoms with Crippen LogP contribution in [0.4, 0.5) is 4.39 Å². The second-order valence-corrected chi connectivity index (χ2v) is 19.2. The summed E-state index contributed by atoms with van der Waals surface area (Å²) in [4.78, 5) is 4.24. The zero-order valence-corrected chi connectivity index (χ0v) is 43.2. The molecule has 6 rings (SSSR count). The molecule has 5 heteroatoms. The number of benzene rings is 5. The first-order valence-electron chi connectivity index (χ1n) is 23.5. The Morgan fingerprint density at radius 1 is 0.530 bits per heavy atom. The van der Waals surface area contributed by atoms with Crippen molar-refractivity contribution in [2.75, 3.05) is 20.8 Å². The van der Waals surface area contributed by atoms with Crippen LogP contribution in [0.25, 0.3) is 22.3 Å². The number of methoxy groups -OCH3 is 2. The van der Waals surface area contributed by atoms with E-state index in [1.807, 2.05) is 54.7 Å². The van der Waals surface area contributed by atoms with Gasteiger partial charge in [-0.3, -0.25) is 0 Å². The van der Waals surface area contributed by atoms with Crippen LogP contribution in [0.3, 0.4) is 0 Å². The molecular formula is C61H78FNO3. The topological polar surface area (TPSA) is 40.6 Å². The molecule has 0 aliphatic carbocycles. The number of hydrogen-bond donors (Lipinski definition) is 0. The molecule has 4 nitrogen and oxygen atoms in total. The van der Waals surface area contributed by atoms with E-state index in [1.54, 1.807) is 14.2 Å². The third-order valence-electron chi connectivity index (χ3n) is 11.5. The Hall–Kier alpha value is -5.86. The molecule has 352 valence electrons. The van der Waals surface area contributed by atoms with E-state index >= 15 is 0 Å². The van der Waals surface area contributed by atoms with Gasteiger partial charge in [-0.2, -0.15) is 0 Å². The van der Waals surface area contributed by atoms with Crippen LogP contribution in [0.1, 0.15) is 163 Å². The minimum absolute atomic E-state index is 0.0182. The van der Waals surface area contributed by atoms with Crippen LogP contribution < -0.4 is 14.2 Å². The number of nitrogens with zero attached hydrogens (tertiary/aromatic N) is 1. The summed E-state index contributed by atoms with van der Waals surface area (Å²) in [5.41, 5.74) is 14.9. The van der Waals surface area contributed by atoms with E-state index in [0.717, 1.165) is 16.9 Å². The van der Waals surface area contributed by atoms with Crippen LogP contribution in [-0.4, -0.2) is 31.5 Å². The Morgan fingerprint density at radius 3 is 1.50 bits per heavy atom. The molecule has 0 amide bonds. The van der Waals surface area contributed by atoms with E-state index in [2.05, 4.69) is 162 Å². The first kappa shape index (κ1) is 54.5.